The lowest BCUT2D eigenvalue weighted by Crippen LogP contribution is -2.21. The van der Waals surface area contributed by atoms with Gasteiger partial charge in [0.05, 0.1) is 12.6 Å². The number of nitrogens with zero attached hydrogens (tertiary/aromatic N) is 2. The molecule has 0 saturated heterocycles. The summed E-state index contributed by atoms with van der Waals surface area (Å²) >= 11 is 0. The molecule has 13 heavy (non-hydrogen) atoms. The van der Waals surface area contributed by atoms with Crippen LogP contribution in [0.3, 0.4) is 0 Å². The van der Waals surface area contributed by atoms with Crippen molar-refractivity contribution in [1.29, 1.82) is 0 Å². The molecular weight excluding hydrogens is 166 g/mol. The van der Waals surface area contributed by atoms with Crippen LogP contribution >= 0.6 is 0 Å². The third-order valence-corrected chi connectivity index (χ3v) is 1.84. The van der Waals surface area contributed by atoms with Gasteiger partial charge in [-0.3, -0.25) is 0 Å². The number of hydrogen-bond acceptors (Lipinski definition) is 3. The van der Waals surface area contributed by atoms with Gasteiger partial charge in [-0.25, -0.2) is 4.98 Å². The molecule has 0 saturated carbocycles. The van der Waals surface area contributed by atoms with Gasteiger partial charge < -0.3 is 15.0 Å². The first kappa shape index (κ1) is 10.2. The summed E-state index contributed by atoms with van der Waals surface area (Å²) < 4.78 is 7.26. The normalized spacial score (nSPS) is 13.2. The van der Waals surface area contributed by atoms with Crippen LogP contribution in [0.1, 0.15) is 25.2 Å². The second-order valence-electron chi connectivity index (χ2n) is 3.08. The molecule has 4 heteroatoms. The third kappa shape index (κ3) is 2.82. The van der Waals surface area contributed by atoms with Crippen molar-refractivity contribution in [2.75, 3.05) is 13.2 Å². The molecule has 0 aromatic carbocycles. The summed E-state index contributed by atoms with van der Waals surface area (Å²) in [6.07, 6.45) is 4.65. The highest BCUT2D eigenvalue weighted by atomic mass is 16.5. The average Bonchev–Trinajstić information content (AvgIpc) is 2.52. The molecule has 0 aliphatic rings. The fraction of sp³-hybridized carbons (Fsp3) is 0.667. The maximum atomic E-state index is 5.87. The minimum atomic E-state index is -0.119. The number of nitrogens with two attached hydrogens (primary N) is 1. The van der Waals surface area contributed by atoms with E-state index < -0.39 is 0 Å². The Morgan fingerprint density at radius 1 is 1.69 bits per heavy atom. The Bertz CT molecular complexity index is 247. The molecule has 1 aromatic rings. The predicted molar refractivity (Wildman–Crippen MR) is 51.2 cm³/mol. The van der Waals surface area contributed by atoms with Crippen LogP contribution in [0.4, 0.5) is 0 Å². The van der Waals surface area contributed by atoms with Gasteiger partial charge >= 0.3 is 0 Å². The molecular formula is C9H17N3O. The molecule has 0 amide bonds. The van der Waals surface area contributed by atoms with Crippen molar-refractivity contribution in [3.8, 4) is 0 Å². The van der Waals surface area contributed by atoms with Gasteiger partial charge in [0, 0.05) is 26.0 Å². The standard InChI is InChI=1S/C9H17N3O/c1-3-6-13-7-8(10)9-11-4-5-12(9)2/h4-5,8H,3,6-7,10H2,1-2H3. The highest BCUT2D eigenvalue weighted by molar-refractivity contribution is 4.97. The maximum Gasteiger partial charge on any atom is 0.127 e. The number of ether oxygens (including phenoxy) is 1. The molecule has 0 aliphatic heterocycles. The molecule has 0 spiro atoms. The van der Waals surface area contributed by atoms with Crippen molar-refractivity contribution < 1.29 is 4.74 Å². The van der Waals surface area contributed by atoms with Gasteiger partial charge in [-0.1, -0.05) is 6.92 Å². The maximum absolute atomic E-state index is 5.87. The van der Waals surface area contributed by atoms with E-state index in [0.717, 1.165) is 18.9 Å². The van der Waals surface area contributed by atoms with Crippen LogP contribution < -0.4 is 5.73 Å². The van der Waals surface area contributed by atoms with Crippen LogP contribution in [0.5, 0.6) is 0 Å². The Kier molecular flexibility index (Phi) is 3.92. The smallest absolute Gasteiger partial charge is 0.127 e. The van der Waals surface area contributed by atoms with Crippen molar-refractivity contribution in [1.82, 2.24) is 9.55 Å². The molecule has 0 aliphatic carbocycles. The molecule has 1 rings (SSSR count). The van der Waals surface area contributed by atoms with E-state index in [1.54, 1.807) is 6.20 Å². The van der Waals surface area contributed by atoms with E-state index >= 15 is 0 Å². The van der Waals surface area contributed by atoms with E-state index in [-0.39, 0.29) is 6.04 Å². The van der Waals surface area contributed by atoms with Crippen LogP contribution in [0.15, 0.2) is 12.4 Å². The molecule has 1 heterocycles. The van der Waals surface area contributed by atoms with Crippen molar-refractivity contribution in [2.24, 2.45) is 12.8 Å². The summed E-state index contributed by atoms with van der Waals surface area (Å²) in [4.78, 5) is 4.15. The van der Waals surface area contributed by atoms with E-state index in [0.29, 0.717) is 6.61 Å². The summed E-state index contributed by atoms with van der Waals surface area (Å²) in [5.41, 5.74) is 5.87. The number of rotatable bonds is 5. The van der Waals surface area contributed by atoms with Crippen LogP contribution in [-0.4, -0.2) is 22.8 Å². The van der Waals surface area contributed by atoms with E-state index in [1.165, 1.54) is 0 Å². The lowest BCUT2D eigenvalue weighted by Gasteiger charge is -2.11. The quantitative estimate of drug-likeness (QED) is 0.688. The van der Waals surface area contributed by atoms with Crippen molar-refractivity contribution >= 4 is 0 Å². The summed E-state index contributed by atoms with van der Waals surface area (Å²) in [5.74, 6) is 0.871. The molecule has 2 N–H and O–H groups in total. The summed E-state index contributed by atoms with van der Waals surface area (Å²) in [6, 6.07) is -0.119. The van der Waals surface area contributed by atoms with E-state index in [4.69, 9.17) is 10.5 Å². The topological polar surface area (TPSA) is 53.1 Å². The zero-order valence-electron chi connectivity index (χ0n) is 8.23. The molecule has 0 bridgehead atoms. The first-order chi connectivity index (χ1) is 6.25. The van der Waals surface area contributed by atoms with Crippen LogP contribution in [0, 0.1) is 0 Å². The number of hydrogen-bond donors (Lipinski definition) is 1. The molecule has 4 nitrogen and oxygen atoms in total. The Labute approximate surface area is 78.7 Å². The van der Waals surface area contributed by atoms with Gasteiger partial charge in [0.1, 0.15) is 5.82 Å². The lowest BCUT2D eigenvalue weighted by atomic mass is 10.3. The van der Waals surface area contributed by atoms with Crippen molar-refractivity contribution in [3.63, 3.8) is 0 Å². The number of aromatic nitrogens is 2. The predicted octanol–water partition coefficient (Wildman–Crippen LogP) is 0.846. The Balaban J connectivity index is 2.39. The van der Waals surface area contributed by atoms with Gasteiger partial charge in [-0.2, -0.15) is 0 Å². The lowest BCUT2D eigenvalue weighted by molar-refractivity contribution is 0.119. The van der Waals surface area contributed by atoms with E-state index in [1.807, 2.05) is 17.8 Å². The summed E-state index contributed by atoms with van der Waals surface area (Å²) in [7, 11) is 1.93. The second kappa shape index (κ2) is 4.99. The zero-order chi connectivity index (χ0) is 9.68. The van der Waals surface area contributed by atoms with Crippen LogP contribution in [0.25, 0.3) is 0 Å². The van der Waals surface area contributed by atoms with Gasteiger partial charge in [-0.15, -0.1) is 0 Å². The Hall–Kier alpha value is -0.870. The first-order valence-electron chi connectivity index (χ1n) is 4.56. The van der Waals surface area contributed by atoms with Crippen LogP contribution in [-0.2, 0) is 11.8 Å². The molecule has 74 valence electrons. The summed E-state index contributed by atoms with van der Waals surface area (Å²) in [5, 5.41) is 0. The molecule has 1 aromatic heterocycles. The molecule has 1 atom stereocenters. The second-order valence-corrected chi connectivity index (χ2v) is 3.08. The van der Waals surface area contributed by atoms with Crippen molar-refractivity contribution in [2.45, 2.75) is 19.4 Å². The molecule has 0 radical (unpaired) electrons. The minimum absolute atomic E-state index is 0.119. The van der Waals surface area contributed by atoms with Crippen LogP contribution in [0.2, 0.25) is 0 Å². The fourth-order valence-electron chi connectivity index (χ4n) is 1.16. The highest BCUT2D eigenvalue weighted by Gasteiger charge is 2.09. The van der Waals surface area contributed by atoms with Gasteiger partial charge in [0.25, 0.3) is 0 Å². The van der Waals surface area contributed by atoms with E-state index in [2.05, 4.69) is 11.9 Å². The average molecular weight is 183 g/mol. The third-order valence-electron chi connectivity index (χ3n) is 1.84. The number of imidazole rings is 1. The van der Waals surface area contributed by atoms with E-state index in [9.17, 15) is 0 Å². The monoisotopic (exact) mass is 183 g/mol. The van der Waals surface area contributed by atoms with Gasteiger partial charge in [0.15, 0.2) is 0 Å². The summed E-state index contributed by atoms with van der Waals surface area (Å²) in [6.45, 7) is 3.38. The molecule has 0 fully saturated rings. The Morgan fingerprint density at radius 3 is 3.00 bits per heavy atom. The van der Waals surface area contributed by atoms with Gasteiger partial charge in [0.2, 0.25) is 0 Å². The Morgan fingerprint density at radius 2 is 2.46 bits per heavy atom. The SMILES string of the molecule is CCCOCC(N)c1nccn1C. The fourth-order valence-corrected chi connectivity index (χ4v) is 1.16. The van der Waals surface area contributed by atoms with Gasteiger partial charge in [-0.05, 0) is 6.42 Å². The zero-order valence-corrected chi connectivity index (χ0v) is 8.23. The molecule has 1 unspecified atom stereocenters. The largest absolute Gasteiger partial charge is 0.379 e. The van der Waals surface area contributed by atoms with Crippen molar-refractivity contribution in [3.05, 3.63) is 18.2 Å². The number of aryl methyl sites for hydroxylation is 1. The first-order valence-corrected chi connectivity index (χ1v) is 4.56. The highest BCUT2D eigenvalue weighted by Crippen LogP contribution is 2.06. The minimum Gasteiger partial charge on any atom is -0.379 e.